The van der Waals surface area contributed by atoms with Gasteiger partial charge in [-0.05, 0) is 40.7 Å². The number of hydrogen-bond acceptors (Lipinski definition) is 9. The Kier molecular flexibility index (Phi) is 10.5. The summed E-state index contributed by atoms with van der Waals surface area (Å²) >= 11 is -0.237. The van der Waals surface area contributed by atoms with Crippen LogP contribution in [0.25, 0.3) is 0 Å². The number of hydrogen-bond donors (Lipinski definition) is 0. The van der Waals surface area contributed by atoms with Gasteiger partial charge in [0.1, 0.15) is 5.75 Å². The first-order chi connectivity index (χ1) is 17.5. The van der Waals surface area contributed by atoms with Gasteiger partial charge in [-0.3, -0.25) is 0 Å². The Morgan fingerprint density at radius 2 is 1.54 bits per heavy atom. The normalized spacial score (nSPS) is 18.3. The molecule has 0 radical (unpaired) electrons. The van der Waals surface area contributed by atoms with Gasteiger partial charge in [-0.15, -0.1) is 4.33 Å². The molecule has 8 nitrogen and oxygen atoms in total. The van der Waals surface area contributed by atoms with E-state index in [2.05, 4.69) is 14.3 Å². The van der Waals surface area contributed by atoms with Crippen LogP contribution in [-0.4, -0.2) is 28.7 Å². The van der Waals surface area contributed by atoms with Gasteiger partial charge in [-0.1, -0.05) is 63.1 Å². The molecule has 0 aromatic heterocycles. The highest BCUT2D eigenvalue weighted by Crippen LogP contribution is 2.42. The molecular weight excluding hydrogens is 530 g/mol. The quantitative estimate of drug-likeness (QED) is 0.0980. The zero-order valence-electron chi connectivity index (χ0n) is 21.1. The summed E-state index contributed by atoms with van der Waals surface area (Å²) in [7, 11) is -3.91. The summed E-state index contributed by atoms with van der Waals surface area (Å²) in [5, 5.41) is 4.05. The Labute approximate surface area is 220 Å². The summed E-state index contributed by atoms with van der Waals surface area (Å²) in [5.74, 6) is -0.376. The molecule has 204 valence electrons. The minimum absolute atomic E-state index is 0.0290. The summed E-state index contributed by atoms with van der Waals surface area (Å²) in [6.45, 7) is 8.25. The van der Waals surface area contributed by atoms with E-state index in [1.54, 1.807) is 12.1 Å². The summed E-state index contributed by atoms with van der Waals surface area (Å²) in [4.78, 5) is 4.14. The molecule has 2 aromatic rings. The zero-order chi connectivity index (χ0) is 27.2. The Morgan fingerprint density at radius 3 is 2.03 bits per heavy atom. The number of ether oxygens (including phenoxy) is 2. The van der Waals surface area contributed by atoms with Crippen molar-refractivity contribution < 1.29 is 45.1 Å². The van der Waals surface area contributed by atoms with Gasteiger partial charge in [0.2, 0.25) is 4.24 Å². The van der Waals surface area contributed by atoms with Gasteiger partial charge in [-0.25, -0.2) is 4.89 Å². The molecule has 1 heterocycles. The lowest BCUT2D eigenvalue weighted by Gasteiger charge is -2.31. The SMILES string of the molecule is COOOSC(=C(F)F)S(=O)(=O)Oc1c(C(C)C)cc(C2OCC(c3ccccc3)CO2)cc1C(C)C. The molecule has 12 heteroatoms. The predicted octanol–water partition coefficient (Wildman–Crippen LogP) is 6.69. The largest absolute Gasteiger partial charge is 0.378 e. The molecule has 0 unspecified atom stereocenters. The highest BCUT2D eigenvalue weighted by atomic mass is 32.3. The first-order valence-electron chi connectivity index (χ1n) is 11.5. The van der Waals surface area contributed by atoms with Crippen LogP contribution in [-0.2, 0) is 33.9 Å². The monoisotopic (exact) mass is 560 g/mol. The van der Waals surface area contributed by atoms with Crippen molar-refractivity contribution in [2.75, 3.05) is 20.3 Å². The first-order valence-corrected chi connectivity index (χ1v) is 13.7. The second kappa shape index (κ2) is 13.1. The molecular formula is C25H30F2O8S2. The van der Waals surface area contributed by atoms with E-state index in [1.807, 2.05) is 58.0 Å². The maximum atomic E-state index is 13.5. The van der Waals surface area contributed by atoms with Gasteiger partial charge in [0.05, 0.1) is 32.4 Å². The molecule has 0 N–H and O–H groups in total. The average molecular weight is 561 g/mol. The Hall–Kier alpha value is -2.06. The van der Waals surface area contributed by atoms with Crippen LogP contribution in [0.4, 0.5) is 8.78 Å². The van der Waals surface area contributed by atoms with E-state index in [-0.39, 0.29) is 35.5 Å². The molecule has 0 saturated carbocycles. The number of rotatable bonds is 11. The highest BCUT2D eigenvalue weighted by Gasteiger charge is 2.33. The molecule has 0 bridgehead atoms. The molecule has 2 aromatic carbocycles. The van der Waals surface area contributed by atoms with Crippen molar-refractivity contribution >= 4 is 22.2 Å². The molecule has 0 atom stereocenters. The van der Waals surface area contributed by atoms with Gasteiger partial charge in [0.15, 0.2) is 6.29 Å². The number of benzene rings is 2. The van der Waals surface area contributed by atoms with E-state index in [0.717, 1.165) is 12.7 Å². The van der Waals surface area contributed by atoms with Crippen molar-refractivity contribution in [3.63, 3.8) is 0 Å². The topological polar surface area (TPSA) is 89.5 Å². The third-order valence-electron chi connectivity index (χ3n) is 5.63. The van der Waals surface area contributed by atoms with Crippen LogP contribution in [0.1, 0.15) is 74.0 Å². The highest BCUT2D eigenvalue weighted by molar-refractivity contribution is 8.14. The van der Waals surface area contributed by atoms with Crippen LogP contribution in [0.2, 0.25) is 0 Å². The maximum Gasteiger partial charge on any atom is 0.353 e. The minimum Gasteiger partial charge on any atom is -0.378 e. The van der Waals surface area contributed by atoms with E-state index >= 15 is 0 Å². The van der Waals surface area contributed by atoms with Crippen LogP contribution in [0, 0.1) is 0 Å². The first kappa shape index (κ1) is 29.5. The smallest absolute Gasteiger partial charge is 0.353 e. The Bertz CT molecular complexity index is 1150. The minimum atomic E-state index is -4.97. The lowest BCUT2D eigenvalue weighted by atomic mass is 9.91. The summed E-state index contributed by atoms with van der Waals surface area (Å²) in [5.41, 5.74) is 2.80. The van der Waals surface area contributed by atoms with E-state index in [1.165, 1.54) is 0 Å². The Balaban J connectivity index is 1.92. The summed E-state index contributed by atoms with van der Waals surface area (Å²) in [6.07, 6.45) is -3.19. The molecule has 0 spiro atoms. The van der Waals surface area contributed by atoms with Crippen LogP contribution in [0.3, 0.4) is 0 Å². The third-order valence-corrected chi connectivity index (χ3v) is 7.87. The van der Waals surface area contributed by atoms with Crippen LogP contribution in [0.5, 0.6) is 5.75 Å². The van der Waals surface area contributed by atoms with Crippen LogP contribution < -0.4 is 4.18 Å². The fraction of sp³-hybridized carbons (Fsp3) is 0.440. The van der Waals surface area contributed by atoms with Gasteiger partial charge in [-0.2, -0.15) is 17.2 Å². The van der Waals surface area contributed by atoms with Gasteiger partial charge < -0.3 is 13.7 Å². The van der Waals surface area contributed by atoms with Crippen molar-refractivity contribution in [1.29, 1.82) is 0 Å². The molecule has 1 fully saturated rings. The predicted molar refractivity (Wildman–Crippen MR) is 134 cm³/mol. The third kappa shape index (κ3) is 7.50. The van der Waals surface area contributed by atoms with E-state index in [0.29, 0.717) is 29.9 Å². The van der Waals surface area contributed by atoms with E-state index in [9.17, 15) is 17.2 Å². The molecule has 0 amide bonds. The lowest BCUT2D eigenvalue weighted by molar-refractivity contribution is -0.447. The van der Waals surface area contributed by atoms with Crippen LogP contribution in [0.15, 0.2) is 52.8 Å². The van der Waals surface area contributed by atoms with Crippen molar-refractivity contribution in [3.8, 4) is 5.75 Å². The molecule has 1 aliphatic rings. The maximum absolute atomic E-state index is 13.5. The lowest BCUT2D eigenvalue weighted by Crippen LogP contribution is -2.26. The Morgan fingerprint density at radius 1 is 0.973 bits per heavy atom. The zero-order valence-corrected chi connectivity index (χ0v) is 22.7. The van der Waals surface area contributed by atoms with Gasteiger partial charge >= 0.3 is 16.2 Å². The van der Waals surface area contributed by atoms with Crippen molar-refractivity contribution in [2.45, 2.75) is 51.7 Å². The fourth-order valence-corrected chi connectivity index (χ4v) is 5.19. The molecule has 1 saturated heterocycles. The number of halogens is 2. The molecule has 1 aliphatic heterocycles. The fourth-order valence-electron chi connectivity index (χ4n) is 3.79. The molecule has 37 heavy (non-hydrogen) atoms. The summed E-state index contributed by atoms with van der Waals surface area (Å²) < 4.78 is 72.9. The summed E-state index contributed by atoms with van der Waals surface area (Å²) in [6, 6.07) is 13.4. The second-order valence-corrected chi connectivity index (χ2v) is 11.4. The van der Waals surface area contributed by atoms with E-state index < -0.39 is 26.7 Å². The second-order valence-electron chi connectivity index (χ2n) is 8.92. The van der Waals surface area contributed by atoms with Crippen molar-refractivity contribution in [2.24, 2.45) is 0 Å². The average Bonchev–Trinajstić information content (AvgIpc) is 2.86. The molecule has 3 rings (SSSR count). The van der Waals surface area contributed by atoms with E-state index in [4.69, 9.17) is 13.7 Å². The molecule has 0 aliphatic carbocycles. The van der Waals surface area contributed by atoms with Gasteiger partial charge in [0, 0.05) is 11.5 Å². The van der Waals surface area contributed by atoms with Gasteiger partial charge in [0.25, 0.3) is 0 Å². The standard InChI is InChI=1S/C25H30F2O8S2/c1-15(2)20-11-18(24-31-13-19(14-32-24)17-9-7-6-8-10-17)12-21(16(3)4)22(20)33-37(28,29)25(23(26)27)36-35-34-30-5/h6-12,15-16,19,24H,13-14H2,1-5H3. The van der Waals surface area contributed by atoms with Crippen molar-refractivity contribution in [3.05, 3.63) is 75.0 Å². The van der Waals surface area contributed by atoms with Crippen LogP contribution >= 0.6 is 12.0 Å². The van der Waals surface area contributed by atoms with Crippen molar-refractivity contribution in [1.82, 2.24) is 0 Å².